The Balaban J connectivity index is 2.18. The molecule has 1 heterocycles. The van der Waals surface area contributed by atoms with Gasteiger partial charge in [-0.25, -0.2) is 4.79 Å². The number of carboxylic acid groups (broad SMARTS) is 1. The predicted octanol–water partition coefficient (Wildman–Crippen LogP) is 2.67. The molecule has 6 heteroatoms. The van der Waals surface area contributed by atoms with Crippen LogP contribution in [0.1, 0.15) is 17.0 Å². The third kappa shape index (κ3) is 4.10. The van der Waals surface area contributed by atoms with E-state index in [-0.39, 0.29) is 6.61 Å². The molecule has 0 saturated heterocycles. The van der Waals surface area contributed by atoms with E-state index in [1.165, 1.54) is 6.08 Å². The van der Waals surface area contributed by atoms with Crippen LogP contribution >= 0.6 is 0 Å². The highest BCUT2D eigenvalue weighted by molar-refractivity contribution is 5.86. The van der Waals surface area contributed by atoms with Gasteiger partial charge in [-0.05, 0) is 31.2 Å². The Labute approximate surface area is 121 Å². The summed E-state index contributed by atoms with van der Waals surface area (Å²) in [5.74, 6) is 0.823. The number of rotatable bonds is 6. The topological polar surface area (TPSA) is 81.8 Å². The van der Waals surface area contributed by atoms with Gasteiger partial charge in [-0.15, -0.1) is 0 Å². The van der Waals surface area contributed by atoms with Crippen LogP contribution < -0.4 is 9.47 Å². The van der Waals surface area contributed by atoms with Crippen molar-refractivity contribution in [3.63, 3.8) is 0 Å². The average molecular weight is 289 g/mol. The summed E-state index contributed by atoms with van der Waals surface area (Å²) < 4.78 is 15.7. The van der Waals surface area contributed by atoms with E-state index < -0.39 is 5.97 Å². The number of aryl methyl sites for hydroxylation is 1. The maximum atomic E-state index is 10.6. The first-order valence-corrected chi connectivity index (χ1v) is 6.22. The van der Waals surface area contributed by atoms with Gasteiger partial charge < -0.3 is 19.1 Å². The molecule has 0 unspecified atom stereocenters. The fourth-order valence-corrected chi connectivity index (χ4v) is 1.71. The largest absolute Gasteiger partial charge is 0.497 e. The van der Waals surface area contributed by atoms with Crippen LogP contribution in [0, 0.1) is 6.92 Å². The van der Waals surface area contributed by atoms with Gasteiger partial charge in [-0.3, -0.25) is 0 Å². The van der Waals surface area contributed by atoms with E-state index in [2.05, 4.69) is 5.16 Å². The fourth-order valence-electron chi connectivity index (χ4n) is 1.71. The molecular formula is C15H15NO5. The van der Waals surface area contributed by atoms with Crippen molar-refractivity contribution in [1.29, 1.82) is 0 Å². The van der Waals surface area contributed by atoms with E-state index in [0.29, 0.717) is 28.5 Å². The lowest BCUT2D eigenvalue weighted by atomic mass is 10.1. The van der Waals surface area contributed by atoms with Crippen LogP contribution in [0.25, 0.3) is 6.08 Å². The first-order valence-electron chi connectivity index (χ1n) is 6.22. The summed E-state index contributed by atoms with van der Waals surface area (Å²) in [5.41, 5.74) is 1.27. The van der Waals surface area contributed by atoms with Crippen molar-refractivity contribution in [3.8, 4) is 11.5 Å². The number of methoxy groups -OCH3 is 1. The van der Waals surface area contributed by atoms with Gasteiger partial charge in [0.1, 0.15) is 29.6 Å². The Morgan fingerprint density at radius 2 is 2.24 bits per heavy atom. The normalized spacial score (nSPS) is 10.8. The molecule has 2 rings (SSSR count). The zero-order valence-electron chi connectivity index (χ0n) is 11.7. The monoisotopic (exact) mass is 289 g/mol. The summed E-state index contributed by atoms with van der Waals surface area (Å²) in [6.45, 7) is 2.03. The number of hydrogen-bond donors (Lipinski definition) is 1. The molecule has 1 aromatic carbocycles. The summed E-state index contributed by atoms with van der Waals surface area (Å²) in [5, 5.41) is 12.6. The molecule has 110 valence electrons. The van der Waals surface area contributed by atoms with Gasteiger partial charge in [0.2, 0.25) is 0 Å². The van der Waals surface area contributed by atoms with Gasteiger partial charge in [-0.1, -0.05) is 5.16 Å². The lowest BCUT2D eigenvalue weighted by molar-refractivity contribution is -0.131. The van der Waals surface area contributed by atoms with Gasteiger partial charge in [0, 0.05) is 17.7 Å². The molecule has 0 amide bonds. The molecule has 0 spiro atoms. The highest BCUT2D eigenvalue weighted by atomic mass is 16.5. The molecule has 0 radical (unpaired) electrons. The summed E-state index contributed by atoms with van der Waals surface area (Å²) in [7, 11) is 1.54. The fraction of sp³-hybridized carbons (Fsp3) is 0.200. The van der Waals surface area contributed by atoms with E-state index in [0.717, 1.165) is 6.08 Å². The van der Waals surface area contributed by atoms with Crippen LogP contribution in [0.3, 0.4) is 0 Å². The molecule has 1 aromatic heterocycles. The Morgan fingerprint density at radius 3 is 2.86 bits per heavy atom. The van der Waals surface area contributed by atoms with Gasteiger partial charge in [-0.2, -0.15) is 0 Å². The number of benzene rings is 1. The molecule has 1 N–H and O–H groups in total. The van der Waals surface area contributed by atoms with E-state index in [1.807, 2.05) is 0 Å². The van der Waals surface area contributed by atoms with Crippen molar-refractivity contribution in [2.45, 2.75) is 13.5 Å². The molecular weight excluding hydrogens is 274 g/mol. The molecule has 0 atom stereocenters. The summed E-state index contributed by atoms with van der Waals surface area (Å²) in [6, 6.07) is 6.92. The lowest BCUT2D eigenvalue weighted by Gasteiger charge is -2.09. The zero-order valence-corrected chi connectivity index (χ0v) is 11.7. The minimum Gasteiger partial charge on any atom is -0.497 e. The van der Waals surface area contributed by atoms with Crippen LogP contribution in [0.5, 0.6) is 11.5 Å². The first kappa shape index (κ1) is 14.6. The van der Waals surface area contributed by atoms with Crippen LogP contribution in [-0.4, -0.2) is 23.3 Å². The quantitative estimate of drug-likeness (QED) is 0.823. The smallest absolute Gasteiger partial charge is 0.328 e. The van der Waals surface area contributed by atoms with Crippen LogP contribution in [0.15, 0.2) is 34.9 Å². The van der Waals surface area contributed by atoms with E-state index in [4.69, 9.17) is 19.1 Å². The zero-order chi connectivity index (χ0) is 15.2. The van der Waals surface area contributed by atoms with Crippen LogP contribution in [0.2, 0.25) is 0 Å². The summed E-state index contributed by atoms with van der Waals surface area (Å²) in [4.78, 5) is 10.6. The third-order valence-electron chi connectivity index (χ3n) is 2.67. The van der Waals surface area contributed by atoms with Gasteiger partial charge in [0.05, 0.1) is 7.11 Å². The van der Waals surface area contributed by atoms with E-state index >= 15 is 0 Å². The number of nitrogens with zero attached hydrogens (tertiary/aromatic N) is 1. The van der Waals surface area contributed by atoms with Crippen LogP contribution in [-0.2, 0) is 11.4 Å². The maximum absolute atomic E-state index is 10.6. The number of hydrogen-bond acceptors (Lipinski definition) is 5. The number of carbonyl (C=O) groups is 1. The average Bonchev–Trinajstić information content (AvgIpc) is 2.88. The van der Waals surface area contributed by atoms with E-state index in [1.54, 1.807) is 38.3 Å². The Kier molecular flexibility index (Phi) is 4.61. The molecule has 0 fully saturated rings. The van der Waals surface area contributed by atoms with Gasteiger partial charge in [0.25, 0.3) is 0 Å². The van der Waals surface area contributed by atoms with Crippen molar-refractivity contribution < 1.29 is 23.9 Å². The number of aromatic nitrogens is 1. The second-order valence-electron chi connectivity index (χ2n) is 4.29. The van der Waals surface area contributed by atoms with Crippen molar-refractivity contribution in [2.75, 3.05) is 7.11 Å². The predicted molar refractivity (Wildman–Crippen MR) is 75.2 cm³/mol. The third-order valence-corrected chi connectivity index (χ3v) is 2.67. The second kappa shape index (κ2) is 6.60. The first-order chi connectivity index (χ1) is 10.1. The van der Waals surface area contributed by atoms with E-state index in [9.17, 15) is 4.79 Å². The van der Waals surface area contributed by atoms with Crippen LogP contribution in [0.4, 0.5) is 0 Å². The standard InChI is InChI=1S/C15H15NO5/c1-10-7-12(16-21-10)9-20-14-5-4-13(19-2)8-11(14)3-6-15(17)18/h3-8H,9H2,1-2H3,(H,17,18)/b6-3+. The summed E-state index contributed by atoms with van der Waals surface area (Å²) >= 11 is 0. The molecule has 21 heavy (non-hydrogen) atoms. The molecule has 0 aliphatic carbocycles. The molecule has 0 bridgehead atoms. The highest BCUT2D eigenvalue weighted by Gasteiger charge is 2.06. The van der Waals surface area contributed by atoms with Crippen molar-refractivity contribution >= 4 is 12.0 Å². The van der Waals surface area contributed by atoms with Crippen molar-refractivity contribution in [2.24, 2.45) is 0 Å². The van der Waals surface area contributed by atoms with Gasteiger partial charge >= 0.3 is 5.97 Å². The second-order valence-corrected chi connectivity index (χ2v) is 4.29. The minimum atomic E-state index is -1.03. The molecule has 0 aliphatic rings. The molecule has 0 aliphatic heterocycles. The van der Waals surface area contributed by atoms with Crippen molar-refractivity contribution in [3.05, 3.63) is 47.4 Å². The summed E-state index contributed by atoms with van der Waals surface area (Å²) in [6.07, 6.45) is 2.50. The Morgan fingerprint density at radius 1 is 1.43 bits per heavy atom. The highest BCUT2D eigenvalue weighted by Crippen LogP contribution is 2.26. The number of carboxylic acids is 1. The SMILES string of the molecule is COc1ccc(OCc2cc(C)on2)c(/C=C/C(=O)O)c1. The molecule has 2 aromatic rings. The maximum Gasteiger partial charge on any atom is 0.328 e. The minimum absolute atomic E-state index is 0.234. The Hall–Kier alpha value is -2.76. The molecule has 0 saturated carbocycles. The molecule has 6 nitrogen and oxygen atoms in total. The van der Waals surface area contributed by atoms with Crippen molar-refractivity contribution in [1.82, 2.24) is 5.16 Å². The number of ether oxygens (including phenoxy) is 2. The Bertz CT molecular complexity index is 660. The van der Waals surface area contributed by atoms with Gasteiger partial charge in [0.15, 0.2) is 0 Å². The number of aliphatic carboxylic acids is 1. The lowest BCUT2D eigenvalue weighted by Crippen LogP contribution is -1.98.